The van der Waals surface area contributed by atoms with Crippen molar-refractivity contribution in [3.63, 3.8) is 0 Å². The third-order valence-electron chi connectivity index (χ3n) is 5.48. The summed E-state index contributed by atoms with van der Waals surface area (Å²) in [6.45, 7) is 2.26. The molecule has 30 heavy (non-hydrogen) atoms. The fourth-order valence-electron chi connectivity index (χ4n) is 3.80. The Hall–Kier alpha value is -2.73. The number of hydrogen-bond acceptors (Lipinski definition) is 3. The predicted molar refractivity (Wildman–Crippen MR) is 123 cm³/mol. The zero-order valence-corrected chi connectivity index (χ0v) is 18.0. The second-order valence-electron chi connectivity index (χ2n) is 7.57. The molecule has 1 heterocycles. The molecule has 0 radical (unpaired) electrons. The van der Waals surface area contributed by atoms with Crippen LogP contribution < -0.4 is 16.2 Å². The summed E-state index contributed by atoms with van der Waals surface area (Å²) in [5.74, 6) is 0.964. The van der Waals surface area contributed by atoms with Gasteiger partial charge in [0.1, 0.15) is 12.4 Å². The Balaban J connectivity index is 0.00000320. The molecule has 1 amide bonds. The van der Waals surface area contributed by atoms with E-state index < -0.39 is 5.41 Å². The summed E-state index contributed by atoms with van der Waals surface area (Å²) in [6, 6.07) is 20.0. The molecule has 1 aliphatic heterocycles. The molecule has 6 nitrogen and oxygen atoms in total. The lowest BCUT2D eigenvalue weighted by Crippen LogP contribution is -2.40. The van der Waals surface area contributed by atoms with Crippen LogP contribution in [0.25, 0.3) is 0 Å². The number of rotatable bonds is 10. The van der Waals surface area contributed by atoms with Crippen molar-refractivity contribution >= 4 is 24.3 Å². The Kier molecular flexibility index (Phi) is 8.99. The molecule has 3 rings (SSSR count). The number of para-hydroxylation sites is 1. The molecule has 1 fully saturated rings. The van der Waals surface area contributed by atoms with Crippen LogP contribution in [-0.4, -0.2) is 43.0 Å². The fourth-order valence-corrected chi connectivity index (χ4v) is 3.80. The molecule has 0 saturated carbocycles. The van der Waals surface area contributed by atoms with E-state index >= 15 is 0 Å². The highest BCUT2D eigenvalue weighted by Crippen LogP contribution is 2.36. The highest BCUT2D eigenvalue weighted by molar-refractivity contribution is 5.85. The van der Waals surface area contributed by atoms with E-state index in [4.69, 9.17) is 16.2 Å². The first-order valence-electron chi connectivity index (χ1n) is 10.2. The van der Waals surface area contributed by atoms with Crippen LogP contribution in [0.5, 0.6) is 5.75 Å². The molecule has 7 heteroatoms. The number of amides is 1. The molecule has 1 unspecified atom stereocenters. The van der Waals surface area contributed by atoms with Gasteiger partial charge in [-0.3, -0.25) is 9.79 Å². The highest BCUT2D eigenvalue weighted by Gasteiger charge is 2.46. The lowest BCUT2D eigenvalue weighted by molar-refractivity contribution is -0.137. The number of guanidine groups is 1. The average Bonchev–Trinajstić information content (AvgIpc) is 3.04. The largest absolute Gasteiger partial charge is 0.492 e. The van der Waals surface area contributed by atoms with E-state index in [-0.39, 0.29) is 24.3 Å². The van der Waals surface area contributed by atoms with Crippen LogP contribution in [0, 0.1) is 5.41 Å². The van der Waals surface area contributed by atoms with E-state index in [1.807, 2.05) is 53.4 Å². The smallest absolute Gasteiger partial charge is 0.232 e. The number of nitrogens with two attached hydrogens (primary N) is 2. The Morgan fingerprint density at radius 3 is 2.40 bits per heavy atom. The predicted octanol–water partition coefficient (Wildman–Crippen LogP) is 3.00. The van der Waals surface area contributed by atoms with Gasteiger partial charge in [0.25, 0.3) is 0 Å². The molecule has 1 aliphatic rings. The van der Waals surface area contributed by atoms with E-state index in [9.17, 15) is 4.79 Å². The summed E-state index contributed by atoms with van der Waals surface area (Å²) in [4.78, 5) is 19.4. The molecule has 4 N–H and O–H groups in total. The first-order chi connectivity index (χ1) is 14.1. The molecule has 2 aromatic carbocycles. The zero-order chi connectivity index (χ0) is 20.5. The van der Waals surface area contributed by atoms with Gasteiger partial charge >= 0.3 is 0 Å². The zero-order valence-electron chi connectivity index (χ0n) is 17.2. The van der Waals surface area contributed by atoms with E-state index in [0.717, 1.165) is 38.1 Å². The van der Waals surface area contributed by atoms with Crippen LogP contribution in [-0.2, 0) is 11.2 Å². The summed E-state index contributed by atoms with van der Waals surface area (Å²) < 4.78 is 5.98. The quantitative estimate of drug-likeness (QED) is 0.447. The molecule has 2 aromatic rings. The fraction of sp³-hybridized carbons (Fsp3) is 0.391. The van der Waals surface area contributed by atoms with Crippen LogP contribution >= 0.6 is 12.4 Å². The molecular formula is C23H31ClN4O2. The van der Waals surface area contributed by atoms with Gasteiger partial charge in [-0.15, -0.1) is 12.4 Å². The standard InChI is InChI=1S/C23H30N4O2.ClH/c24-22(25)26-15-13-23(18-29-20-11-5-2-6-12-20)14-17-27(21(23)28)16-7-10-19-8-3-1-4-9-19;/h1-6,8-9,11-12H,7,10,13-18H2,(H4,24,25,26);1H. The Labute approximate surface area is 184 Å². The minimum absolute atomic E-state index is 0. The number of carbonyl (C=O) groups excluding carboxylic acids is 1. The molecule has 0 aromatic heterocycles. The van der Waals surface area contributed by atoms with E-state index in [1.54, 1.807) is 0 Å². The van der Waals surface area contributed by atoms with Gasteiger partial charge in [0.05, 0.1) is 5.41 Å². The third kappa shape index (κ3) is 6.39. The Morgan fingerprint density at radius 1 is 1.07 bits per heavy atom. The van der Waals surface area contributed by atoms with Crippen molar-refractivity contribution in [2.45, 2.75) is 25.7 Å². The van der Waals surface area contributed by atoms with E-state index in [0.29, 0.717) is 19.6 Å². The summed E-state index contributed by atoms with van der Waals surface area (Å²) in [7, 11) is 0. The first-order valence-corrected chi connectivity index (χ1v) is 10.2. The Bertz CT molecular complexity index is 812. The molecule has 162 valence electrons. The number of halogens is 1. The number of hydrogen-bond donors (Lipinski definition) is 2. The summed E-state index contributed by atoms with van der Waals surface area (Å²) in [5.41, 5.74) is 11.7. The third-order valence-corrected chi connectivity index (χ3v) is 5.48. The summed E-state index contributed by atoms with van der Waals surface area (Å²) >= 11 is 0. The van der Waals surface area contributed by atoms with Crippen LogP contribution in [0.2, 0.25) is 0 Å². The molecule has 1 saturated heterocycles. The van der Waals surface area contributed by atoms with E-state index in [2.05, 4.69) is 17.1 Å². The molecule has 1 atom stereocenters. The molecule has 0 spiro atoms. The number of benzene rings is 2. The van der Waals surface area contributed by atoms with Gasteiger partial charge in [0.15, 0.2) is 5.96 Å². The van der Waals surface area contributed by atoms with Gasteiger partial charge in [0.2, 0.25) is 5.91 Å². The maximum atomic E-state index is 13.3. The second-order valence-corrected chi connectivity index (χ2v) is 7.57. The lowest BCUT2D eigenvalue weighted by Gasteiger charge is -2.27. The van der Waals surface area contributed by atoms with Crippen LogP contribution in [0.15, 0.2) is 65.7 Å². The van der Waals surface area contributed by atoms with Crippen molar-refractivity contribution in [1.82, 2.24) is 4.90 Å². The van der Waals surface area contributed by atoms with Crippen molar-refractivity contribution in [1.29, 1.82) is 0 Å². The van der Waals surface area contributed by atoms with Gasteiger partial charge < -0.3 is 21.1 Å². The summed E-state index contributed by atoms with van der Waals surface area (Å²) in [6.07, 6.45) is 3.24. The minimum atomic E-state index is -0.582. The minimum Gasteiger partial charge on any atom is -0.492 e. The van der Waals surface area contributed by atoms with Crippen molar-refractivity contribution < 1.29 is 9.53 Å². The van der Waals surface area contributed by atoms with Crippen molar-refractivity contribution in [3.8, 4) is 5.75 Å². The number of likely N-dealkylation sites (tertiary alicyclic amines) is 1. The summed E-state index contributed by atoms with van der Waals surface area (Å²) in [5, 5.41) is 0. The number of aryl methyl sites for hydroxylation is 1. The number of carbonyl (C=O) groups is 1. The van der Waals surface area contributed by atoms with Crippen LogP contribution in [0.3, 0.4) is 0 Å². The Morgan fingerprint density at radius 2 is 1.73 bits per heavy atom. The average molecular weight is 431 g/mol. The van der Waals surface area contributed by atoms with Crippen LogP contribution in [0.4, 0.5) is 0 Å². The van der Waals surface area contributed by atoms with Crippen molar-refractivity contribution in [2.24, 2.45) is 21.9 Å². The lowest BCUT2D eigenvalue weighted by atomic mass is 9.83. The molecule has 0 bridgehead atoms. The second kappa shape index (κ2) is 11.5. The number of aliphatic imine (C=N–C) groups is 1. The van der Waals surface area contributed by atoms with Crippen molar-refractivity contribution in [2.75, 3.05) is 26.2 Å². The van der Waals surface area contributed by atoms with E-state index in [1.165, 1.54) is 5.56 Å². The molecular weight excluding hydrogens is 400 g/mol. The van der Waals surface area contributed by atoms with Gasteiger partial charge in [-0.05, 0) is 43.4 Å². The topological polar surface area (TPSA) is 93.9 Å². The number of ether oxygens (including phenoxy) is 1. The molecule has 0 aliphatic carbocycles. The normalized spacial score (nSPS) is 18.0. The monoisotopic (exact) mass is 430 g/mol. The first kappa shape index (κ1) is 23.5. The maximum absolute atomic E-state index is 13.3. The van der Waals surface area contributed by atoms with Crippen molar-refractivity contribution in [3.05, 3.63) is 66.2 Å². The SMILES string of the molecule is Cl.NC(N)=NCCC1(COc2ccccc2)CCN(CCCc2ccccc2)C1=O. The maximum Gasteiger partial charge on any atom is 0.232 e. The van der Waals surface area contributed by atoms with Gasteiger partial charge in [-0.25, -0.2) is 0 Å². The van der Waals surface area contributed by atoms with Gasteiger partial charge in [-0.2, -0.15) is 0 Å². The highest BCUT2D eigenvalue weighted by atomic mass is 35.5. The van der Waals surface area contributed by atoms with Crippen LogP contribution in [0.1, 0.15) is 24.8 Å². The van der Waals surface area contributed by atoms with Gasteiger partial charge in [0, 0.05) is 19.6 Å². The van der Waals surface area contributed by atoms with Gasteiger partial charge in [-0.1, -0.05) is 48.5 Å². The number of nitrogens with zero attached hydrogens (tertiary/aromatic N) is 2.